The summed E-state index contributed by atoms with van der Waals surface area (Å²) in [5, 5.41) is 33.8. The van der Waals surface area contributed by atoms with Gasteiger partial charge in [0.25, 0.3) is 0 Å². The summed E-state index contributed by atoms with van der Waals surface area (Å²) in [6.45, 7) is 19.3. The second kappa shape index (κ2) is 12.7. The van der Waals surface area contributed by atoms with Gasteiger partial charge in [0.2, 0.25) is 0 Å². The minimum Gasteiger partial charge on any atom is -0.506 e. The third kappa shape index (κ3) is 8.07. The molecule has 45 heavy (non-hydrogen) atoms. The SMILES string of the molecule is CC(C)(C)c1ccc(N=Cc2c(O)c(C=Nc3ccc(C(C)(C)C)cc3)c(O)c(C=Nc3ccc(C(C)(C)C)cc3)c2O)cc1. The van der Waals surface area contributed by atoms with Crippen molar-refractivity contribution in [3.8, 4) is 17.2 Å². The van der Waals surface area contributed by atoms with Crippen molar-refractivity contribution in [1.29, 1.82) is 0 Å². The van der Waals surface area contributed by atoms with E-state index in [1.54, 1.807) is 0 Å². The lowest BCUT2D eigenvalue weighted by Gasteiger charge is -2.18. The van der Waals surface area contributed by atoms with Crippen LogP contribution in [-0.4, -0.2) is 34.0 Å². The molecule has 0 saturated heterocycles. The van der Waals surface area contributed by atoms with Gasteiger partial charge in [-0.1, -0.05) is 98.7 Å². The van der Waals surface area contributed by atoms with Crippen LogP contribution in [0.5, 0.6) is 17.2 Å². The van der Waals surface area contributed by atoms with Gasteiger partial charge in [0.1, 0.15) is 17.2 Å². The fraction of sp³-hybridized carbons (Fsp3) is 0.308. The minimum atomic E-state index is -0.346. The zero-order chi connectivity index (χ0) is 33.2. The van der Waals surface area contributed by atoms with Crippen LogP contribution in [-0.2, 0) is 16.2 Å². The molecule has 4 aromatic carbocycles. The van der Waals surface area contributed by atoms with Crippen molar-refractivity contribution in [2.75, 3.05) is 0 Å². The molecule has 0 spiro atoms. The van der Waals surface area contributed by atoms with E-state index in [1.165, 1.54) is 35.3 Å². The normalized spacial score (nSPS) is 13.0. The van der Waals surface area contributed by atoms with E-state index in [0.29, 0.717) is 17.1 Å². The Hall–Kier alpha value is -4.71. The van der Waals surface area contributed by atoms with Crippen molar-refractivity contribution in [2.24, 2.45) is 15.0 Å². The monoisotopic (exact) mass is 603 g/mol. The molecule has 3 N–H and O–H groups in total. The topological polar surface area (TPSA) is 97.8 Å². The van der Waals surface area contributed by atoms with E-state index in [1.807, 2.05) is 72.8 Å². The molecule has 0 fully saturated rings. The Morgan fingerprint density at radius 2 is 0.578 bits per heavy atom. The zero-order valence-electron chi connectivity index (χ0n) is 27.8. The van der Waals surface area contributed by atoms with Crippen LogP contribution in [0.2, 0.25) is 0 Å². The van der Waals surface area contributed by atoms with Gasteiger partial charge in [-0.2, -0.15) is 0 Å². The molecule has 4 aromatic rings. The van der Waals surface area contributed by atoms with E-state index in [0.717, 1.165) is 0 Å². The lowest BCUT2D eigenvalue weighted by molar-refractivity contribution is 0.425. The van der Waals surface area contributed by atoms with Gasteiger partial charge < -0.3 is 15.3 Å². The van der Waals surface area contributed by atoms with E-state index in [-0.39, 0.29) is 50.2 Å². The van der Waals surface area contributed by atoms with E-state index < -0.39 is 0 Å². The van der Waals surface area contributed by atoms with Crippen LogP contribution in [0.25, 0.3) is 0 Å². The number of phenolic OH excluding ortho intramolecular Hbond substituents is 3. The number of nitrogens with zero attached hydrogens (tertiary/aromatic N) is 3. The van der Waals surface area contributed by atoms with E-state index in [4.69, 9.17) is 0 Å². The molecule has 6 heteroatoms. The maximum Gasteiger partial charge on any atom is 0.140 e. The summed E-state index contributed by atoms with van der Waals surface area (Å²) in [4.78, 5) is 13.6. The van der Waals surface area contributed by atoms with Crippen LogP contribution < -0.4 is 0 Å². The van der Waals surface area contributed by atoms with E-state index in [9.17, 15) is 15.3 Å². The molecule has 0 amide bonds. The first-order valence-corrected chi connectivity index (χ1v) is 15.2. The van der Waals surface area contributed by atoms with Crippen LogP contribution in [0.4, 0.5) is 17.1 Å². The number of hydrogen-bond donors (Lipinski definition) is 3. The lowest BCUT2D eigenvalue weighted by Crippen LogP contribution is -2.10. The van der Waals surface area contributed by atoms with Crippen molar-refractivity contribution in [3.05, 3.63) is 106 Å². The molecule has 0 aliphatic carbocycles. The highest BCUT2D eigenvalue weighted by Gasteiger charge is 2.22. The quantitative estimate of drug-likeness (QED) is 0.191. The summed E-state index contributed by atoms with van der Waals surface area (Å²) in [5.74, 6) is -1.04. The Morgan fingerprint density at radius 1 is 0.378 bits per heavy atom. The molecule has 0 bridgehead atoms. The number of benzene rings is 4. The van der Waals surface area contributed by atoms with Crippen molar-refractivity contribution in [3.63, 3.8) is 0 Å². The average molecular weight is 604 g/mol. The number of hydrogen-bond acceptors (Lipinski definition) is 6. The first kappa shape index (κ1) is 33.2. The Morgan fingerprint density at radius 3 is 0.756 bits per heavy atom. The summed E-state index contributed by atoms with van der Waals surface area (Å²) < 4.78 is 0. The maximum absolute atomic E-state index is 11.3. The summed E-state index contributed by atoms with van der Waals surface area (Å²) in [5.41, 5.74) is 5.58. The molecule has 0 saturated carbocycles. The predicted molar refractivity (Wildman–Crippen MR) is 189 cm³/mol. The van der Waals surface area contributed by atoms with Crippen molar-refractivity contribution >= 4 is 35.7 Å². The number of aliphatic imine (C=N–C) groups is 3. The van der Waals surface area contributed by atoms with Crippen LogP contribution in [0.1, 0.15) is 95.7 Å². The maximum atomic E-state index is 11.3. The number of phenols is 3. The fourth-order valence-corrected chi connectivity index (χ4v) is 4.70. The predicted octanol–water partition coefficient (Wildman–Crippen LogP) is 9.95. The Labute approximate surface area is 267 Å². The zero-order valence-corrected chi connectivity index (χ0v) is 27.8. The largest absolute Gasteiger partial charge is 0.506 e. The molecule has 0 aromatic heterocycles. The van der Waals surface area contributed by atoms with Gasteiger partial charge in [-0.25, -0.2) is 0 Å². The second-order valence-electron chi connectivity index (χ2n) is 14.5. The molecule has 0 unspecified atom stereocenters. The van der Waals surface area contributed by atoms with Crippen molar-refractivity contribution < 1.29 is 15.3 Å². The molecular weight excluding hydrogens is 558 g/mol. The molecule has 0 atom stereocenters. The minimum absolute atomic E-state index is 0.00165. The van der Waals surface area contributed by atoms with Crippen LogP contribution in [0.15, 0.2) is 87.8 Å². The van der Waals surface area contributed by atoms with Gasteiger partial charge in [-0.05, 0) is 69.3 Å². The van der Waals surface area contributed by atoms with Crippen molar-refractivity contribution in [2.45, 2.75) is 78.6 Å². The summed E-state index contributed by atoms with van der Waals surface area (Å²) in [6.07, 6.45) is 4.17. The van der Waals surface area contributed by atoms with Crippen LogP contribution in [0.3, 0.4) is 0 Å². The number of rotatable bonds is 6. The highest BCUT2D eigenvalue weighted by Crippen LogP contribution is 2.40. The van der Waals surface area contributed by atoms with Gasteiger partial charge in [0, 0.05) is 18.6 Å². The lowest BCUT2D eigenvalue weighted by atomic mass is 9.87. The third-order valence-electron chi connectivity index (χ3n) is 7.76. The molecule has 0 heterocycles. The Kier molecular flexibility index (Phi) is 9.38. The third-order valence-corrected chi connectivity index (χ3v) is 7.76. The molecular formula is C39H45N3O3. The fourth-order valence-electron chi connectivity index (χ4n) is 4.70. The van der Waals surface area contributed by atoms with Gasteiger partial charge in [0.15, 0.2) is 0 Å². The highest BCUT2D eigenvalue weighted by atomic mass is 16.3. The van der Waals surface area contributed by atoms with Gasteiger partial charge in [-0.15, -0.1) is 0 Å². The summed E-state index contributed by atoms with van der Waals surface area (Å²) >= 11 is 0. The molecule has 0 aliphatic rings. The van der Waals surface area contributed by atoms with Crippen LogP contribution in [0, 0.1) is 0 Å². The molecule has 0 radical (unpaired) electrons. The molecule has 0 aliphatic heterocycles. The number of aromatic hydroxyl groups is 3. The van der Waals surface area contributed by atoms with Crippen LogP contribution >= 0.6 is 0 Å². The Balaban J connectivity index is 1.78. The first-order chi connectivity index (χ1) is 20.9. The van der Waals surface area contributed by atoms with Gasteiger partial charge in [-0.3, -0.25) is 15.0 Å². The van der Waals surface area contributed by atoms with Gasteiger partial charge >= 0.3 is 0 Å². The average Bonchev–Trinajstić information content (AvgIpc) is 2.96. The standard InChI is InChI=1S/C39H45N3O3/c1-37(2,3)25-10-16-28(17-11-25)40-22-31-34(43)32(23-41-29-18-12-26(13-19-29)38(4,5)6)36(45)33(35(31)44)24-42-30-20-14-27(15-21-30)39(7,8)9/h10-24,43-45H,1-9H3. The molecule has 4 rings (SSSR count). The first-order valence-electron chi connectivity index (χ1n) is 15.2. The Bertz CT molecular complexity index is 1500. The van der Waals surface area contributed by atoms with Gasteiger partial charge in [0.05, 0.1) is 33.8 Å². The second-order valence-corrected chi connectivity index (χ2v) is 14.5. The summed E-state index contributed by atoms with van der Waals surface area (Å²) in [7, 11) is 0. The molecule has 234 valence electrons. The summed E-state index contributed by atoms with van der Waals surface area (Å²) in [6, 6.07) is 23.4. The van der Waals surface area contributed by atoms with E-state index in [2.05, 4.69) is 77.3 Å². The highest BCUT2D eigenvalue weighted by molar-refractivity contribution is 6.04. The molecule has 6 nitrogen and oxygen atoms in total. The van der Waals surface area contributed by atoms with E-state index >= 15 is 0 Å². The smallest absolute Gasteiger partial charge is 0.140 e. The van der Waals surface area contributed by atoms with Crippen molar-refractivity contribution in [1.82, 2.24) is 0 Å².